The van der Waals surface area contributed by atoms with Crippen LogP contribution in [-0.2, 0) is 15.0 Å². The van der Waals surface area contributed by atoms with Gasteiger partial charge in [-0.1, -0.05) is 43.2 Å². The van der Waals surface area contributed by atoms with Gasteiger partial charge in [0, 0.05) is 12.0 Å². The maximum Gasteiger partial charge on any atom is 0.330 e. The molecule has 1 heterocycles. The van der Waals surface area contributed by atoms with Gasteiger partial charge in [0.2, 0.25) is 11.8 Å². The Balaban J connectivity index is 1.88. The smallest absolute Gasteiger partial charge is 0.277 e. The minimum atomic E-state index is -0.585. The molecular formula is C16H18N2O3. The molecule has 5 nitrogen and oxygen atoms in total. The van der Waals surface area contributed by atoms with E-state index in [1.165, 1.54) is 10.5 Å². The van der Waals surface area contributed by atoms with E-state index in [-0.39, 0.29) is 11.8 Å². The average Bonchev–Trinajstić information content (AvgIpc) is 2.94. The predicted molar refractivity (Wildman–Crippen MR) is 76.5 cm³/mol. The van der Waals surface area contributed by atoms with Gasteiger partial charge in [0.15, 0.2) is 0 Å². The van der Waals surface area contributed by atoms with E-state index >= 15 is 0 Å². The van der Waals surface area contributed by atoms with Crippen LogP contribution in [0.1, 0.15) is 37.7 Å². The van der Waals surface area contributed by atoms with Gasteiger partial charge in [0.25, 0.3) is 0 Å². The second-order valence-corrected chi connectivity index (χ2v) is 5.86. The van der Waals surface area contributed by atoms with Crippen molar-refractivity contribution in [1.29, 1.82) is 0 Å². The van der Waals surface area contributed by atoms with Crippen LogP contribution in [0.4, 0.5) is 4.79 Å². The lowest BCUT2D eigenvalue weighted by Crippen LogP contribution is -2.56. The van der Waals surface area contributed by atoms with Crippen LogP contribution < -0.4 is 5.32 Å². The molecule has 0 radical (unpaired) electrons. The van der Waals surface area contributed by atoms with Crippen molar-refractivity contribution in [1.82, 2.24) is 10.2 Å². The zero-order valence-corrected chi connectivity index (χ0v) is 11.8. The van der Waals surface area contributed by atoms with Gasteiger partial charge >= 0.3 is 6.03 Å². The Kier molecular flexibility index (Phi) is 3.49. The van der Waals surface area contributed by atoms with E-state index in [2.05, 4.69) is 17.4 Å². The Morgan fingerprint density at radius 2 is 1.71 bits per heavy atom. The van der Waals surface area contributed by atoms with Crippen LogP contribution in [-0.4, -0.2) is 29.3 Å². The highest BCUT2D eigenvalue weighted by molar-refractivity contribution is 6.14. The first kappa shape index (κ1) is 13.8. The maximum absolute atomic E-state index is 12.0. The number of hydrogen-bond acceptors (Lipinski definition) is 3. The molecule has 1 saturated heterocycles. The third kappa shape index (κ3) is 2.55. The second-order valence-electron chi connectivity index (χ2n) is 5.86. The molecule has 0 bridgehead atoms. The van der Waals surface area contributed by atoms with Crippen LogP contribution in [0.3, 0.4) is 0 Å². The molecule has 2 aliphatic rings. The molecular weight excluding hydrogens is 268 g/mol. The SMILES string of the molecule is O=C1CC(=O)N(CC2(c3ccccc3)CCCC2)C(=O)N1. The molecule has 4 amide bonds. The Bertz CT molecular complexity index is 556. The third-order valence-corrected chi connectivity index (χ3v) is 4.51. The van der Waals surface area contributed by atoms with Gasteiger partial charge in [-0.25, -0.2) is 4.79 Å². The molecule has 0 atom stereocenters. The summed E-state index contributed by atoms with van der Waals surface area (Å²) in [6.45, 7) is 0.356. The van der Waals surface area contributed by atoms with Gasteiger partial charge in [0.1, 0.15) is 6.42 Å². The van der Waals surface area contributed by atoms with E-state index in [0.717, 1.165) is 25.7 Å². The first-order chi connectivity index (χ1) is 10.1. The lowest BCUT2D eigenvalue weighted by molar-refractivity contribution is -0.136. The number of nitrogens with one attached hydrogen (secondary N) is 1. The predicted octanol–water partition coefficient (Wildman–Crippen LogP) is 1.97. The number of carbonyl (C=O) groups is 3. The van der Waals surface area contributed by atoms with Crippen LogP contribution >= 0.6 is 0 Å². The monoisotopic (exact) mass is 286 g/mol. The highest BCUT2D eigenvalue weighted by Crippen LogP contribution is 2.42. The van der Waals surface area contributed by atoms with Crippen LogP contribution in [0.2, 0.25) is 0 Å². The van der Waals surface area contributed by atoms with Gasteiger partial charge in [-0.2, -0.15) is 0 Å². The number of urea groups is 1. The molecule has 2 fully saturated rings. The van der Waals surface area contributed by atoms with Gasteiger partial charge in [-0.15, -0.1) is 0 Å². The molecule has 0 spiro atoms. The summed E-state index contributed by atoms with van der Waals surface area (Å²) in [6.07, 6.45) is 3.87. The van der Waals surface area contributed by atoms with E-state index in [1.54, 1.807) is 0 Å². The van der Waals surface area contributed by atoms with Crippen molar-refractivity contribution in [2.24, 2.45) is 0 Å². The minimum absolute atomic E-state index is 0.172. The molecule has 0 unspecified atom stereocenters. The summed E-state index contributed by atoms with van der Waals surface area (Å²) in [7, 11) is 0. The fourth-order valence-corrected chi connectivity index (χ4v) is 3.42. The second kappa shape index (κ2) is 5.31. The van der Waals surface area contributed by atoms with Crippen molar-refractivity contribution in [2.75, 3.05) is 6.54 Å². The summed E-state index contributed by atoms with van der Waals surface area (Å²) in [6, 6.07) is 9.46. The summed E-state index contributed by atoms with van der Waals surface area (Å²) in [5, 5.41) is 2.23. The van der Waals surface area contributed by atoms with Crippen molar-refractivity contribution in [3.05, 3.63) is 35.9 Å². The largest absolute Gasteiger partial charge is 0.330 e. The van der Waals surface area contributed by atoms with Crippen LogP contribution in [0, 0.1) is 0 Å². The summed E-state index contributed by atoms with van der Waals surface area (Å²) in [5.41, 5.74) is 0.995. The number of imide groups is 2. The highest BCUT2D eigenvalue weighted by Gasteiger charge is 2.42. The maximum atomic E-state index is 12.0. The molecule has 0 aromatic heterocycles. The molecule has 1 aliphatic heterocycles. The first-order valence-corrected chi connectivity index (χ1v) is 7.30. The van der Waals surface area contributed by atoms with Crippen molar-refractivity contribution >= 4 is 17.8 Å². The summed E-state index contributed by atoms with van der Waals surface area (Å²) < 4.78 is 0. The third-order valence-electron chi connectivity index (χ3n) is 4.51. The minimum Gasteiger partial charge on any atom is -0.277 e. The normalized spacial score (nSPS) is 21.5. The zero-order valence-electron chi connectivity index (χ0n) is 11.8. The lowest BCUT2D eigenvalue weighted by atomic mass is 9.78. The molecule has 3 rings (SSSR count). The number of nitrogens with zero attached hydrogens (tertiary/aromatic N) is 1. The molecule has 5 heteroatoms. The van der Waals surface area contributed by atoms with Crippen molar-refractivity contribution in [3.63, 3.8) is 0 Å². The molecule has 1 N–H and O–H groups in total. The highest BCUT2D eigenvalue weighted by atomic mass is 16.2. The Labute approximate surface area is 123 Å². The Hall–Kier alpha value is -2.17. The molecule has 21 heavy (non-hydrogen) atoms. The quantitative estimate of drug-likeness (QED) is 0.864. The van der Waals surface area contributed by atoms with Crippen molar-refractivity contribution in [3.8, 4) is 0 Å². The molecule has 1 aromatic rings. The fraction of sp³-hybridized carbons (Fsp3) is 0.438. The van der Waals surface area contributed by atoms with E-state index < -0.39 is 17.8 Å². The van der Waals surface area contributed by atoms with Gasteiger partial charge in [0.05, 0.1) is 0 Å². The van der Waals surface area contributed by atoms with Crippen molar-refractivity contribution in [2.45, 2.75) is 37.5 Å². The van der Waals surface area contributed by atoms with Crippen LogP contribution in [0.25, 0.3) is 0 Å². The molecule has 1 aliphatic carbocycles. The fourth-order valence-electron chi connectivity index (χ4n) is 3.42. The number of carbonyl (C=O) groups excluding carboxylic acids is 3. The Morgan fingerprint density at radius 3 is 2.33 bits per heavy atom. The summed E-state index contributed by atoms with van der Waals surface area (Å²) in [4.78, 5) is 36.4. The van der Waals surface area contributed by atoms with Gasteiger partial charge < -0.3 is 0 Å². The summed E-state index contributed by atoms with van der Waals surface area (Å²) in [5.74, 6) is -0.910. The van der Waals surface area contributed by atoms with Gasteiger partial charge in [-0.05, 0) is 18.4 Å². The lowest BCUT2D eigenvalue weighted by Gasteiger charge is -2.36. The average molecular weight is 286 g/mol. The van der Waals surface area contributed by atoms with E-state index in [1.807, 2.05) is 18.2 Å². The number of rotatable bonds is 3. The van der Waals surface area contributed by atoms with Crippen LogP contribution in [0.5, 0.6) is 0 Å². The van der Waals surface area contributed by atoms with Gasteiger partial charge in [-0.3, -0.25) is 19.8 Å². The number of amides is 4. The number of hydrogen-bond donors (Lipinski definition) is 1. The number of benzene rings is 1. The first-order valence-electron chi connectivity index (χ1n) is 7.30. The van der Waals surface area contributed by atoms with Crippen LogP contribution in [0.15, 0.2) is 30.3 Å². The van der Waals surface area contributed by atoms with E-state index in [0.29, 0.717) is 6.54 Å². The van der Waals surface area contributed by atoms with E-state index in [9.17, 15) is 14.4 Å². The van der Waals surface area contributed by atoms with Crippen molar-refractivity contribution < 1.29 is 14.4 Å². The molecule has 110 valence electrons. The topological polar surface area (TPSA) is 66.5 Å². The Morgan fingerprint density at radius 1 is 1.05 bits per heavy atom. The number of barbiturate groups is 1. The standard InChI is InChI=1S/C16H18N2O3/c19-13-10-14(20)18(15(21)17-13)11-16(8-4-5-9-16)12-6-2-1-3-7-12/h1-3,6-7H,4-5,8-11H2,(H,17,19,21). The summed E-state index contributed by atoms with van der Waals surface area (Å²) >= 11 is 0. The molecule has 1 aromatic carbocycles. The molecule has 1 saturated carbocycles. The zero-order chi connectivity index (χ0) is 14.9. The van der Waals surface area contributed by atoms with E-state index in [4.69, 9.17) is 0 Å².